The van der Waals surface area contributed by atoms with E-state index in [1.807, 2.05) is 13.8 Å². The van der Waals surface area contributed by atoms with E-state index in [4.69, 9.17) is 0 Å². The van der Waals surface area contributed by atoms with Crippen molar-refractivity contribution in [2.45, 2.75) is 30.5 Å². The Balaban J connectivity index is 2.20. The molecule has 1 heterocycles. The first-order valence-electron chi connectivity index (χ1n) is 6.70. The summed E-state index contributed by atoms with van der Waals surface area (Å²) in [5.74, 6) is -3.51. The van der Waals surface area contributed by atoms with Gasteiger partial charge in [-0.15, -0.1) is 0 Å². The molecule has 9 heteroatoms. The fourth-order valence-corrected chi connectivity index (χ4v) is 2.63. The number of aromatic nitrogens is 2. The molecule has 0 aliphatic rings. The van der Waals surface area contributed by atoms with Crippen LogP contribution in [0.2, 0.25) is 0 Å². The number of rotatable bonds is 5. The van der Waals surface area contributed by atoms with Gasteiger partial charge in [0.25, 0.3) is 5.91 Å². The molecule has 124 valence electrons. The van der Waals surface area contributed by atoms with Crippen molar-refractivity contribution in [3.8, 4) is 0 Å². The SMILES string of the molecule is CC(C)n1nccc1NC(=O)c1ccc(S(=O)(=O)C(F)F)cc1. The maximum absolute atomic E-state index is 12.5. The van der Waals surface area contributed by atoms with Gasteiger partial charge >= 0.3 is 5.76 Å². The van der Waals surface area contributed by atoms with Crippen molar-refractivity contribution in [3.05, 3.63) is 42.1 Å². The average Bonchev–Trinajstić information content (AvgIpc) is 2.95. The molecule has 0 bridgehead atoms. The smallest absolute Gasteiger partial charge is 0.307 e. The van der Waals surface area contributed by atoms with E-state index in [9.17, 15) is 22.0 Å². The van der Waals surface area contributed by atoms with E-state index in [2.05, 4.69) is 10.4 Å². The molecule has 6 nitrogen and oxygen atoms in total. The minimum absolute atomic E-state index is 0.0406. The summed E-state index contributed by atoms with van der Waals surface area (Å²) in [5.41, 5.74) is 0.148. The maximum Gasteiger partial charge on any atom is 0.341 e. The quantitative estimate of drug-likeness (QED) is 0.905. The summed E-state index contributed by atoms with van der Waals surface area (Å²) in [5, 5.41) is 6.70. The zero-order valence-corrected chi connectivity index (χ0v) is 13.2. The lowest BCUT2D eigenvalue weighted by Crippen LogP contribution is -2.17. The van der Waals surface area contributed by atoms with Crippen molar-refractivity contribution >= 4 is 21.6 Å². The molecule has 1 N–H and O–H groups in total. The second-order valence-corrected chi connectivity index (χ2v) is 6.96. The van der Waals surface area contributed by atoms with Gasteiger partial charge in [0.05, 0.1) is 11.1 Å². The minimum Gasteiger partial charge on any atom is -0.307 e. The maximum atomic E-state index is 12.5. The van der Waals surface area contributed by atoms with Gasteiger partial charge in [0, 0.05) is 17.7 Å². The predicted octanol–water partition coefficient (Wildman–Crippen LogP) is 2.71. The molecule has 1 aromatic heterocycles. The number of nitrogens with one attached hydrogen (secondary N) is 1. The van der Waals surface area contributed by atoms with Gasteiger partial charge in [0.2, 0.25) is 9.84 Å². The van der Waals surface area contributed by atoms with Crippen molar-refractivity contribution in [2.75, 3.05) is 5.32 Å². The Kier molecular flexibility index (Phi) is 4.79. The summed E-state index contributed by atoms with van der Waals surface area (Å²) in [4.78, 5) is 11.6. The van der Waals surface area contributed by atoms with Gasteiger partial charge in [0.1, 0.15) is 5.82 Å². The third-order valence-corrected chi connectivity index (χ3v) is 4.48. The molecule has 0 atom stereocenters. The lowest BCUT2D eigenvalue weighted by Gasteiger charge is -2.12. The highest BCUT2D eigenvalue weighted by Crippen LogP contribution is 2.19. The molecule has 2 rings (SSSR count). The van der Waals surface area contributed by atoms with Crippen LogP contribution in [-0.4, -0.2) is 29.9 Å². The Bertz CT molecular complexity index is 799. The third-order valence-electron chi connectivity index (χ3n) is 3.08. The molecule has 0 aliphatic heterocycles. The molecule has 1 aromatic carbocycles. The van der Waals surface area contributed by atoms with E-state index in [0.717, 1.165) is 12.1 Å². The van der Waals surface area contributed by atoms with E-state index in [1.165, 1.54) is 18.3 Å². The molecule has 0 fully saturated rings. The number of benzene rings is 1. The average molecular weight is 343 g/mol. The lowest BCUT2D eigenvalue weighted by atomic mass is 10.2. The summed E-state index contributed by atoms with van der Waals surface area (Å²) in [6, 6.07) is 5.99. The number of anilines is 1. The van der Waals surface area contributed by atoms with Gasteiger partial charge in [-0.05, 0) is 38.1 Å². The topological polar surface area (TPSA) is 81.1 Å². The lowest BCUT2D eigenvalue weighted by molar-refractivity contribution is 0.102. The highest BCUT2D eigenvalue weighted by molar-refractivity contribution is 7.91. The largest absolute Gasteiger partial charge is 0.341 e. The van der Waals surface area contributed by atoms with Crippen LogP contribution in [0.15, 0.2) is 41.4 Å². The number of hydrogen-bond donors (Lipinski definition) is 1. The molecular formula is C14H15F2N3O3S. The van der Waals surface area contributed by atoms with Gasteiger partial charge in [-0.25, -0.2) is 13.1 Å². The van der Waals surface area contributed by atoms with Crippen LogP contribution in [0.1, 0.15) is 30.2 Å². The van der Waals surface area contributed by atoms with Crippen LogP contribution in [0.25, 0.3) is 0 Å². The number of nitrogens with zero attached hydrogens (tertiary/aromatic N) is 2. The molecule has 0 spiro atoms. The van der Waals surface area contributed by atoms with Crippen molar-refractivity contribution in [1.29, 1.82) is 0 Å². The van der Waals surface area contributed by atoms with Crippen LogP contribution >= 0.6 is 0 Å². The second-order valence-electron chi connectivity index (χ2n) is 5.04. The molecule has 0 aliphatic carbocycles. The monoisotopic (exact) mass is 343 g/mol. The van der Waals surface area contributed by atoms with Gasteiger partial charge in [-0.3, -0.25) is 4.79 Å². The van der Waals surface area contributed by atoms with Crippen molar-refractivity contribution in [3.63, 3.8) is 0 Å². The van der Waals surface area contributed by atoms with E-state index in [-0.39, 0.29) is 11.6 Å². The van der Waals surface area contributed by atoms with Crippen LogP contribution < -0.4 is 5.32 Å². The Morgan fingerprint density at radius 3 is 2.30 bits per heavy atom. The molecule has 0 radical (unpaired) electrons. The Morgan fingerprint density at radius 1 is 1.17 bits per heavy atom. The van der Waals surface area contributed by atoms with Crippen molar-refractivity contribution < 1.29 is 22.0 Å². The fourth-order valence-electron chi connectivity index (χ4n) is 1.91. The highest BCUT2D eigenvalue weighted by atomic mass is 32.2. The standard InChI is InChI=1S/C14H15F2N3O3S/c1-9(2)19-12(7-8-17-19)18-13(20)10-3-5-11(6-4-10)23(21,22)14(15)16/h3-9,14H,1-2H3,(H,18,20). The summed E-state index contributed by atoms with van der Waals surface area (Å²) in [7, 11) is -4.67. The first-order valence-corrected chi connectivity index (χ1v) is 8.25. The number of halogens is 2. The zero-order valence-electron chi connectivity index (χ0n) is 12.4. The highest BCUT2D eigenvalue weighted by Gasteiger charge is 2.26. The fraction of sp³-hybridized carbons (Fsp3) is 0.286. The number of carbonyl (C=O) groups is 1. The Morgan fingerprint density at radius 2 is 1.78 bits per heavy atom. The van der Waals surface area contributed by atoms with Crippen molar-refractivity contribution in [1.82, 2.24) is 9.78 Å². The van der Waals surface area contributed by atoms with E-state index >= 15 is 0 Å². The Hall–Kier alpha value is -2.29. The van der Waals surface area contributed by atoms with Crippen LogP contribution in [0, 0.1) is 0 Å². The van der Waals surface area contributed by atoms with E-state index in [1.54, 1.807) is 10.7 Å². The first-order chi connectivity index (χ1) is 10.7. The van der Waals surface area contributed by atoms with Crippen molar-refractivity contribution in [2.24, 2.45) is 0 Å². The van der Waals surface area contributed by atoms with Gasteiger partial charge in [-0.2, -0.15) is 13.9 Å². The number of hydrogen-bond acceptors (Lipinski definition) is 4. The summed E-state index contributed by atoms with van der Waals surface area (Å²) < 4.78 is 49.2. The molecule has 2 aromatic rings. The summed E-state index contributed by atoms with van der Waals surface area (Å²) >= 11 is 0. The summed E-state index contributed by atoms with van der Waals surface area (Å²) in [6.45, 7) is 3.79. The first kappa shape index (κ1) is 17.1. The van der Waals surface area contributed by atoms with Gasteiger partial charge in [-0.1, -0.05) is 0 Å². The van der Waals surface area contributed by atoms with Crippen LogP contribution in [0.3, 0.4) is 0 Å². The number of sulfone groups is 1. The zero-order chi connectivity index (χ0) is 17.2. The molecule has 1 amide bonds. The number of amides is 1. The Labute approximate surface area is 132 Å². The normalized spacial score (nSPS) is 11.9. The van der Waals surface area contributed by atoms with Crippen LogP contribution in [-0.2, 0) is 9.84 Å². The second kappa shape index (κ2) is 6.45. The molecular weight excluding hydrogens is 328 g/mol. The molecule has 0 unspecified atom stereocenters. The van der Waals surface area contributed by atoms with Gasteiger partial charge in [0.15, 0.2) is 0 Å². The van der Waals surface area contributed by atoms with Gasteiger partial charge < -0.3 is 5.32 Å². The van der Waals surface area contributed by atoms with E-state index < -0.39 is 26.4 Å². The molecule has 0 saturated heterocycles. The summed E-state index contributed by atoms with van der Waals surface area (Å²) in [6.07, 6.45) is 1.54. The number of alkyl halides is 2. The van der Waals surface area contributed by atoms with Crippen LogP contribution in [0.4, 0.5) is 14.6 Å². The number of carbonyl (C=O) groups excluding carboxylic acids is 1. The molecule has 0 saturated carbocycles. The predicted molar refractivity (Wildman–Crippen MR) is 80.2 cm³/mol. The molecule has 23 heavy (non-hydrogen) atoms. The van der Waals surface area contributed by atoms with E-state index in [0.29, 0.717) is 5.82 Å². The minimum atomic E-state index is -4.67. The third kappa shape index (κ3) is 3.55. The van der Waals surface area contributed by atoms with Crippen LogP contribution in [0.5, 0.6) is 0 Å².